The van der Waals surface area contributed by atoms with Gasteiger partial charge in [-0.25, -0.2) is 8.42 Å². The van der Waals surface area contributed by atoms with E-state index in [4.69, 9.17) is 0 Å². The second-order valence-corrected chi connectivity index (χ2v) is 7.29. The van der Waals surface area contributed by atoms with E-state index in [0.29, 0.717) is 12.2 Å². The Bertz CT molecular complexity index is 522. The minimum atomic E-state index is -3.31. The van der Waals surface area contributed by atoms with E-state index in [1.54, 1.807) is 6.07 Å². The Balaban J connectivity index is 1.98. The average molecular weight is 312 g/mol. The zero-order valence-corrected chi connectivity index (χ0v) is 13.4. The maximum absolute atomic E-state index is 11.8. The Labute approximate surface area is 127 Å². The third kappa shape index (κ3) is 5.15. The standard InChI is InChI=1S/C14H24N4O2S/c1-2-3-12-21(19,20)17-13-8-9-14(16-15-13)18-10-6-4-5-7-11-18/h8-9H,2-7,10-12H2,1H3,(H,15,17). The highest BCUT2D eigenvalue weighted by Crippen LogP contribution is 2.17. The van der Waals surface area contributed by atoms with Crippen molar-refractivity contribution in [3.05, 3.63) is 12.1 Å². The summed E-state index contributed by atoms with van der Waals surface area (Å²) in [6.07, 6.45) is 6.37. The summed E-state index contributed by atoms with van der Waals surface area (Å²) >= 11 is 0. The molecule has 1 N–H and O–H groups in total. The van der Waals surface area contributed by atoms with Gasteiger partial charge in [0.05, 0.1) is 5.75 Å². The molecule has 0 atom stereocenters. The van der Waals surface area contributed by atoms with Gasteiger partial charge in [-0.2, -0.15) is 0 Å². The van der Waals surface area contributed by atoms with Gasteiger partial charge in [-0.1, -0.05) is 26.2 Å². The number of nitrogens with one attached hydrogen (secondary N) is 1. The van der Waals surface area contributed by atoms with Gasteiger partial charge in [-0.3, -0.25) is 4.72 Å². The highest BCUT2D eigenvalue weighted by molar-refractivity contribution is 7.92. The van der Waals surface area contributed by atoms with Gasteiger partial charge in [0.25, 0.3) is 0 Å². The van der Waals surface area contributed by atoms with Crippen molar-refractivity contribution >= 4 is 21.7 Å². The molecule has 7 heteroatoms. The molecule has 2 rings (SSSR count). The van der Waals surface area contributed by atoms with Gasteiger partial charge in [-0.15, -0.1) is 10.2 Å². The molecule has 0 unspecified atom stereocenters. The van der Waals surface area contributed by atoms with Gasteiger partial charge in [-0.05, 0) is 31.4 Å². The lowest BCUT2D eigenvalue weighted by molar-refractivity contribution is 0.597. The van der Waals surface area contributed by atoms with Gasteiger partial charge >= 0.3 is 0 Å². The SMILES string of the molecule is CCCCS(=O)(=O)Nc1ccc(N2CCCCCC2)nn1. The maximum atomic E-state index is 11.8. The van der Waals surface area contributed by atoms with Crippen molar-refractivity contribution in [2.45, 2.75) is 45.4 Å². The van der Waals surface area contributed by atoms with Crippen molar-refractivity contribution < 1.29 is 8.42 Å². The predicted molar refractivity (Wildman–Crippen MR) is 85.0 cm³/mol. The smallest absolute Gasteiger partial charge is 0.233 e. The Morgan fingerprint density at radius 3 is 2.43 bits per heavy atom. The first kappa shape index (κ1) is 16.0. The molecule has 1 aromatic rings. The Morgan fingerprint density at radius 2 is 1.86 bits per heavy atom. The van der Waals surface area contributed by atoms with Crippen LogP contribution in [0.1, 0.15) is 45.4 Å². The topological polar surface area (TPSA) is 75.2 Å². The molecule has 21 heavy (non-hydrogen) atoms. The van der Waals surface area contributed by atoms with Gasteiger partial charge in [0.2, 0.25) is 10.0 Å². The van der Waals surface area contributed by atoms with E-state index in [2.05, 4.69) is 19.8 Å². The van der Waals surface area contributed by atoms with Crippen molar-refractivity contribution in [2.24, 2.45) is 0 Å². The fraction of sp³-hybridized carbons (Fsp3) is 0.714. The number of unbranched alkanes of at least 4 members (excludes halogenated alkanes) is 1. The Morgan fingerprint density at radius 1 is 1.14 bits per heavy atom. The van der Waals surface area contributed by atoms with E-state index < -0.39 is 10.0 Å². The van der Waals surface area contributed by atoms with Crippen LogP contribution in [0, 0.1) is 0 Å². The summed E-state index contributed by atoms with van der Waals surface area (Å²) < 4.78 is 26.1. The second kappa shape index (κ2) is 7.59. The van der Waals surface area contributed by atoms with Crippen molar-refractivity contribution in [3.8, 4) is 0 Å². The number of nitrogens with zero attached hydrogens (tertiary/aromatic N) is 3. The third-order valence-electron chi connectivity index (χ3n) is 3.61. The Kier molecular flexibility index (Phi) is 5.78. The van der Waals surface area contributed by atoms with Crippen LogP contribution < -0.4 is 9.62 Å². The number of anilines is 2. The molecule has 1 aliphatic rings. The minimum absolute atomic E-state index is 0.124. The van der Waals surface area contributed by atoms with Crippen LogP contribution in [0.2, 0.25) is 0 Å². The van der Waals surface area contributed by atoms with Crippen LogP contribution in [-0.4, -0.2) is 37.5 Å². The van der Waals surface area contributed by atoms with Crippen molar-refractivity contribution in [3.63, 3.8) is 0 Å². The largest absolute Gasteiger partial charge is 0.355 e. The van der Waals surface area contributed by atoms with Gasteiger partial charge in [0, 0.05) is 13.1 Å². The van der Waals surface area contributed by atoms with Crippen LogP contribution in [0.3, 0.4) is 0 Å². The first-order valence-corrected chi connectivity index (χ1v) is 9.35. The lowest BCUT2D eigenvalue weighted by Crippen LogP contribution is -2.25. The first-order valence-electron chi connectivity index (χ1n) is 7.70. The normalized spacial score (nSPS) is 16.5. The van der Waals surface area contributed by atoms with Gasteiger partial charge in [0.1, 0.15) is 0 Å². The molecule has 0 amide bonds. The lowest BCUT2D eigenvalue weighted by atomic mass is 10.2. The third-order valence-corrected chi connectivity index (χ3v) is 4.95. The molecule has 6 nitrogen and oxygen atoms in total. The van der Waals surface area contributed by atoms with E-state index >= 15 is 0 Å². The summed E-state index contributed by atoms with van der Waals surface area (Å²) in [5, 5.41) is 8.15. The highest BCUT2D eigenvalue weighted by Gasteiger charge is 2.13. The number of hydrogen-bond acceptors (Lipinski definition) is 5. The zero-order valence-electron chi connectivity index (χ0n) is 12.6. The van der Waals surface area contributed by atoms with E-state index in [1.165, 1.54) is 25.7 Å². The van der Waals surface area contributed by atoms with E-state index in [0.717, 1.165) is 25.3 Å². The average Bonchev–Trinajstić information content (AvgIpc) is 2.75. The van der Waals surface area contributed by atoms with E-state index in [-0.39, 0.29) is 5.75 Å². The molecule has 118 valence electrons. The van der Waals surface area contributed by atoms with Gasteiger partial charge < -0.3 is 4.90 Å². The molecule has 1 aromatic heterocycles. The minimum Gasteiger partial charge on any atom is -0.355 e. The molecule has 0 radical (unpaired) electrons. The molecule has 2 heterocycles. The van der Waals surface area contributed by atoms with Crippen molar-refractivity contribution in [2.75, 3.05) is 28.5 Å². The second-order valence-electron chi connectivity index (χ2n) is 5.45. The number of rotatable bonds is 6. The van der Waals surface area contributed by atoms with Crippen LogP contribution in [-0.2, 0) is 10.0 Å². The number of aromatic nitrogens is 2. The Hall–Kier alpha value is -1.37. The number of hydrogen-bond donors (Lipinski definition) is 1. The summed E-state index contributed by atoms with van der Waals surface area (Å²) in [6, 6.07) is 3.53. The monoisotopic (exact) mass is 312 g/mol. The van der Waals surface area contributed by atoms with Gasteiger partial charge in [0.15, 0.2) is 11.6 Å². The molecular weight excluding hydrogens is 288 g/mol. The molecule has 1 saturated heterocycles. The maximum Gasteiger partial charge on any atom is 0.233 e. The summed E-state index contributed by atoms with van der Waals surface area (Å²) in [5.74, 6) is 1.25. The molecule has 0 saturated carbocycles. The van der Waals surface area contributed by atoms with Crippen LogP contribution in [0.5, 0.6) is 0 Å². The lowest BCUT2D eigenvalue weighted by Gasteiger charge is -2.20. The molecule has 1 fully saturated rings. The van der Waals surface area contributed by atoms with Crippen LogP contribution >= 0.6 is 0 Å². The summed E-state index contributed by atoms with van der Waals surface area (Å²) in [6.45, 7) is 3.96. The summed E-state index contributed by atoms with van der Waals surface area (Å²) in [7, 11) is -3.31. The molecular formula is C14H24N4O2S. The molecule has 1 aliphatic heterocycles. The molecule has 0 aromatic carbocycles. The number of sulfonamides is 1. The predicted octanol–water partition coefficient (Wildman–Crippen LogP) is 2.40. The van der Waals surface area contributed by atoms with E-state index in [9.17, 15) is 8.42 Å². The quantitative estimate of drug-likeness (QED) is 0.873. The van der Waals surface area contributed by atoms with Crippen LogP contribution in [0.4, 0.5) is 11.6 Å². The molecule has 0 aliphatic carbocycles. The fourth-order valence-electron chi connectivity index (χ4n) is 2.39. The van der Waals surface area contributed by atoms with Crippen molar-refractivity contribution in [1.82, 2.24) is 10.2 Å². The zero-order chi connectivity index (χ0) is 15.1. The highest BCUT2D eigenvalue weighted by atomic mass is 32.2. The summed E-state index contributed by atoms with van der Waals surface area (Å²) in [5.41, 5.74) is 0. The molecule has 0 spiro atoms. The fourth-order valence-corrected chi connectivity index (χ4v) is 3.59. The summed E-state index contributed by atoms with van der Waals surface area (Å²) in [4.78, 5) is 2.22. The molecule has 0 bridgehead atoms. The van der Waals surface area contributed by atoms with Crippen LogP contribution in [0.25, 0.3) is 0 Å². The van der Waals surface area contributed by atoms with E-state index in [1.807, 2.05) is 13.0 Å². The first-order chi connectivity index (χ1) is 10.1. The van der Waals surface area contributed by atoms with Crippen LogP contribution in [0.15, 0.2) is 12.1 Å². The van der Waals surface area contributed by atoms with Crippen molar-refractivity contribution in [1.29, 1.82) is 0 Å².